The lowest BCUT2D eigenvalue weighted by Gasteiger charge is -0.816. The van der Waals surface area contributed by atoms with Gasteiger partial charge in [0.25, 0.3) is 0 Å². The van der Waals surface area contributed by atoms with Crippen LogP contribution >= 0.6 is 25.5 Å². The van der Waals surface area contributed by atoms with Crippen LogP contribution in [0.4, 0.5) is 0 Å². The molecule has 0 bridgehead atoms. The summed E-state index contributed by atoms with van der Waals surface area (Å²) in [7, 11) is 0. The summed E-state index contributed by atoms with van der Waals surface area (Å²) in [6, 6.07) is 0. The van der Waals surface area contributed by atoms with Gasteiger partial charge in [0.1, 0.15) is 0 Å². The van der Waals surface area contributed by atoms with Gasteiger partial charge >= 0.3 is 0 Å². The van der Waals surface area contributed by atoms with E-state index in [1.807, 2.05) is 0 Å². The molecule has 60 valence electrons. The average molecular weight is 214 g/mol. The quantitative estimate of drug-likeness (QED) is 0.464. The highest BCUT2D eigenvalue weighted by Gasteiger charge is 2.45. The van der Waals surface area contributed by atoms with Crippen LogP contribution in [0.1, 0.15) is 0 Å². The van der Waals surface area contributed by atoms with E-state index in [4.69, 9.17) is 0 Å². The SMILES string of the molecule is O.O.O.O.O.p12p3p1p23. The summed E-state index contributed by atoms with van der Waals surface area (Å²) >= 11 is 0. The minimum atomic E-state index is 0. The van der Waals surface area contributed by atoms with E-state index < -0.39 is 0 Å². The zero-order valence-corrected chi connectivity index (χ0v) is 7.87. The zero-order valence-electron chi connectivity index (χ0n) is 4.29. The number of rotatable bonds is 0. The molecule has 0 aliphatic rings. The summed E-state index contributed by atoms with van der Waals surface area (Å²) in [4.78, 5) is 0. The molecule has 0 aliphatic carbocycles. The second-order valence-electron chi connectivity index (χ2n) is 1.07. The molecule has 4 heterocycles. The summed E-state index contributed by atoms with van der Waals surface area (Å²) in [6.45, 7) is 0. The molecular weight excluding hydrogens is 204 g/mol. The summed E-state index contributed by atoms with van der Waals surface area (Å²) in [5.74, 6) is 0. The monoisotopic (exact) mass is 214 g/mol. The van der Waals surface area contributed by atoms with Gasteiger partial charge in [-0.15, -0.1) is 0 Å². The molecule has 9 heavy (non-hydrogen) atoms. The molecule has 4 rings (SSSR count). The van der Waals surface area contributed by atoms with Gasteiger partial charge in [0.2, 0.25) is 0 Å². The van der Waals surface area contributed by atoms with Gasteiger partial charge in [-0.25, -0.2) is 0 Å². The highest BCUT2D eigenvalue weighted by atomic mass is 33.4. The summed E-state index contributed by atoms with van der Waals surface area (Å²) in [5, 5.41) is 0. The third kappa shape index (κ3) is 1.53. The topological polar surface area (TPSA) is 158 Å². The Balaban J connectivity index is -0.0000000720. The molecule has 4 aromatic rings. The van der Waals surface area contributed by atoms with E-state index in [9.17, 15) is 0 Å². The molecule has 0 radical (unpaired) electrons. The lowest BCUT2D eigenvalue weighted by atomic mass is 16.0. The first-order valence-corrected chi connectivity index (χ1v) is 10.8. The van der Waals surface area contributed by atoms with Gasteiger partial charge in [-0.1, -0.05) is 0 Å². The van der Waals surface area contributed by atoms with Crippen molar-refractivity contribution in [3.05, 3.63) is 0 Å². The van der Waals surface area contributed by atoms with E-state index in [-0.39, 0.29) is 27.4 Å². The number of hydrogen-bond donors (Lipinski definition) is 0. The van der Waals surface area contributed by atoms with Gasteiger partial charge in [0.15, 0.2) is 0 Å². The van der Waals surface area contributed by atoms with Gasteiger partial charge < -0.3 is 27.4 Å². The van der Waals surface area contributed by atoms with Crippen LogP contribution in [0.3, 0.4) is 0 Å². The molecule has 5 nitrogen and oxygen atoms in total. The van der Waals surface area contributed by atoms with E-state index >= 15 is 0 Å². The molecule has 0 unspecified atom stereocenters. The first kappa shape index (κ1) is 16.5. The van der Waals surface area contributed by atoms with Crippen LogP contribution in [0.5, 0.6) is 0 Å². The average Bonchev–Trinajstić information content (AvgIpc) is 1.71. The van der Waals surface area contributed by atoms with E-state index in [0.717, 1.165) is 25.5 Å². The summed E-state index contributed by atoms with van der Waals surface area (Å²) < 4.78 is 0. The van der Waals surface area contributed by atoms with E-state index in [1.165, 1.54) is 0 Å². The smallest absolute Gasteiger partial charge is 0 e. The van der Waals surface area contributed by atoms with Gasteiger partial charge in [0, 0.05) is 25.5 Å². The fraction of sp³-hybridized carbons (Fsp3) is 0. The second kappa shape index (κ2) is 3.41. The lowest BCUT2D eigenvalue weighted by molar-refractivity contribution is 0.823. The van der Waals surface area contributed by atoms with Gasteiger partial charge in [-0.05, 0) is 0 Å². The molecule has 0 aliphatic heterocycles. The zero-order chi connectivity index (χ0) is 2.31. The Bertz CT molecular complexity index is 163. The molecule has 0 atom stereocenters. The van der Waals surface area contributed by atoms with Crippen LogP contribution in [0.2, 0.25) is 0 Å². The van der Waals surface area contributed by atoms with Crippen LogP contribution in [-0.4, -0.2) is 27.4 Å². The Morgan fingerprint density at radius 2 is 0.444 bits per heavy atom. The third-order valence-electron chi connectivity index (χ3n) is 0.838. The number of hydrogen-bond acceptors (Lipinski definition) is 0. The molecular formula is H10O5P4. The normalized spacial score (nSPS) is 16.0. The maximum absolute atomic E-state index is 1.07. The lowest BCUT2D eigenvalue weighted by Crippen LogP contribution is -0.290. The molecule has 0 amide bonds. The predicted octanol–water partition coefficient (Wildman–Crippen LogP) is -0.679. The molecule has 9 heteroatoms. The van der Waals surface area contributed by atoms with E-state index in [0.29, 0.717) is 0 Å². The summed E-state index contributed by atoms with van der Waals surface area (Å²) in [5.41, 5.74) is 0. The van der Waals surface area contributed by atoms with Crippen LogP contribution in [0.15, 0.2) is 0 Å². The second-order valence-corrected chi connectivity index (χ2v) is 29.0. The van der Waals surface area contributed by atoms with Crippen LogP contribution < -0.4 is 0 Å². The highest BCUT2D eigenvalue weighted by molar-refractivity contribution is 9.37. The molecule has 0 saturated carbocycles. The molecule has 0 spiro atoms. The Morgan fingerprint density at radius 3 is 0.444 bits per heavy atom. The van der Waals surface area contributed by atoms with Crippen molar-refractivity contribution in [2.45, 2.75) is 0 Å². The van der Waals surface area contributed by atoms with Crippen LogP contribution in [-0.2, 0) is 0 Å². The molecule has 4 aromatic heterocycles. The van der Waals surface area contributed by atoms with Crippen molar-refractivity contribution in [2.24, 2.45) is 0 Å². The van der Waals surface area contributed by atoms with E-state index in [1.54, 1.807) is 0 Å². The Kier molecular flexibility index (Phi) is 6.26. The van der Waals surface area contributed by atoms with Crippen molar-refractivity contribution < 1.29 is 27.4 Å². The maximum atomic E-state index is 1.07. The first-order chi connectivity index (χ1) is 2.00. The fourth-order valence-corrected chi connectivity index (χ4v) is 61.9. The maximum Gasteiger partial charge on any atom is 0 e. The van der Waals surface area contributed by atoms with Crippen LogP contribution in [0, 0.1) is 0 Å². The van der Waals surface area contributed by atoms with Gasteiger partial charge in [-0.2, -0.15) is 0 Å². The molecule has 0 aromatic carbocycles. The van der Waals surface area contributed by atoms with Crippen molar-refractivity contribution in [3.8, 4) is 0 Å². The standard InChI is InChI=1S/5H2O.P4/c;;;;;1-2-3(1)4(1)2/h5*1H2;. The van der Waals surface area contributed by atoms with Crippen molar-refractivity contribution >= 4 is 25.5 Å². The first-order valence-electron chi connectivity index (χ1n) is 1.20. The summed E-state index contributed by atoms with van der Waals surface area (Å²) in [6.07, 6.45) is 4.30. The van der Waals surface area contributed by atoms with E-state index in [2.05, 4.69) is 0 Å². The molecule has 0 saturated heterocycles. The largest absolute Gasteiger partial charge is 0.412 e. The minimum absolute atomic E-state index is 0. The van der Waals surface area contributed by atoms with Crippen molar-refractivity contribution in [1.82, 2.24) is 0 Å². The Morgan fingerprint density at radius 1 is 0.333 bits per heavy atom. The van der Waals surface area contributed by atoms with Crippen molar-refractivity contribution in [2.75, 3.05) is 0 Å². The Hall–Kier alpha value is 1.00. The fourth-order valence-electron chi connectivity index (χ4n) is 0.335. The minimum Gasteiger partial charge on any atom is -0.412 e. The molecule has 10 N–H and O–H groups in total. The van der Waals surface area contributed by atoms with Crippen LogP contribution in [0.25, 0.3) is 0 Å². The van der Waals surface area contributed by atoms with Crippen molar-refractivity contribution in [3.63, 3.8) is 0 Å². The van der Waals surface area contributed by atoms with Gasteiger partial charge in [-0.3, -0.25) is 0 Å². The highest BCUT2D eigenvalue weighted by Crippen LogP contribution is 3.31. The third-order valence-corrected chi connectivity index (χ3v) is 48.5. The van der Waals surface area contributed by atoms with Gasteiger partial charge in [0.05, 0.1) is 0 Å². The predicted molar refractivity (Wildman–Crippen MR) is 45.7 cm³/mol. The molecule has 0 fully saturated rings. The Labute approximate surface area is 53.7 Å². The van der Waals surface area contributed by atoms with Crippen molar-refractivity contribution in [1.29, 1.82) is 0 Å².